The number of ether oxygens (including phenoxy) is 1. The van der Waals surface area contributed by atoms with E-state index in [1.165, 1.54) is 17.7 Å². The van der Waals surface area contributed by atoms with Crippen LogP contribution in [-0.2, 0) is 17.6 Å². The number of aromatic nitrogens is 2. The Kier molecular flexibility index (Phi) is 3.54. The first-order valence-corrected chi connectivity index (χ1v) is 9.43. The fourth-order valence-corrected chi connectivity index (χ4v) is 4.24. The number of carbonyl (C=O) groups excluding carboxylic acids is 2. The summed E-state index contributed by atoms with van der Waals surface area (Å²) >= 11 is 0. The first-order chi connectivity index (χ1) is 13.1. The van der Waals surface area contributed by atoms with Crippen LogP contribution in [0.25, 0.3) is 0 Å². The van der Waals surface area contributed by atoms with Gasteiger partial charge in [0.1, 0.15) is 18.4 Å². The smallest absolute Gasteiger partial charge is 0.272 e. The van der Waals surface area contributed by atoms with E-state index in [1.54, 1.807) is 7.05 Å². The lowest BCUT2D eigenvalue weighted by atomic mass is 9.84. The molecule has 0 bridgehead atoms. The van der Waals surface area contributed by atoms with E-state index < -0.39 is 6.04 Å². The quantitative estimate of drug-likeness (QED) is 0.849. The van der Waals surface area contributed by atoms with Crippen LogP contribution in [0, 0.1) is 5.41 Å². The van der Waals surface area contributed by atoms with Crippen molar-refractivity contribution in [3.63, 3.8) is 0 Å². The van der Waals surface area contributed by atoms with Crippen molar-refractivity contribution in [1.29, 1.82) is 0 Å². The number of aromatic amines is 1. The second-order valence-corrected chi connectivity index (χ2v) is 7.91. The van der Waals surface area contributed by atoms with Gasteiger partial charge < -0.3 is 15.0 Å². The Hall–Kier alpha value is -2.83. The Morgan fingerprint density at radius 2 is 2.15 bits per heavy atom. The second kappa shape index (κ2) is 5.84. The fourth-order valence-electron chi connectivity index (χ4n) is 4.24. The Morgan fingerprint density at radius 3 is 2.96 bits per heavy atom. The van der Waals surface area contributed by atoms with Crippen molar-refractivity contribution in [3.8, 4) is 5.75 Å². The van der Waals surface area contributed by atoms with Gasteiger partial charge in [-0.3, -0.25) is 14.7 Å². The van der Waals surface area contributed by atoms with E-state index in [9.17, 15) is 9.59 Å². The predicted octanol–water partition coefficient (Wildman–Crippen LogP) is 1.83. The largest absolute Gasteiger partial charge is 0.489 e. The van der Waals surface area contributed by atoms with Crippen LogP contribution in [0.5, 0.6) is 5.75 Å². The number of likely N-dealkylation sites (N-methyl/N-ethyl adjacent to an activating group) is 1. The lowest BCUT2D eigenvalue weighted by molar-refractivity contribution is -0.120. The Balaban J connectivity index is 1.35. The van der Waals surface area contributed by atoms with Gasteiger partial charge in [0.15, 0.2) is 5.69 Å². The third-order valence-electron chi connectivity index (χ3n) is 6.15. The molecule has 140 valence electrons. The number of amides is 2. The molecule has 2 aliphatic carbocycles. The van der Waals surface area contributed by atoms with Crippen molar-refractivity contribution in [1.82, 2.24) is 15.5 Å². The number of anilines is 1. The van der Waals surface area contributed by atoms with Gasteiger partial charge in [-0.25, -0.2) is 0 Å². The molecular formula is C20H22N4O3. The predicted molar refractivity (Wildman–Crippen MR) is 98.9 cm³/mol. The van der Waals surface area contributed by atoms with Crippen molar-refractivity contribution in [2.24, 2.45) is 5.41 Å². The van der Waals surface area contributed by atoms with Crippen LogP contribution >= 0.6 is 0 Å². The van der Waals surface area contributed by atoms with Crippen LogP contribution in [0.3, 0.4) is 0 Å². The molecule has 0 unspecified atom stereocenters. The zero-order valence-electron chi connectivity index (χ0n) is 15.2. The summed E-state index contributed by atoms with van der Waals surface area (Å²) in [6.45, 7) is 0.0989. The van der Waals surface area contributed by atoms with Gasteiger partial charge in [-0.05, 0) is 49.7 Å². The number of H-pyrrole nitrogens is 1. The fraction of sp³-hybridized carbons (Fsp3) is 0.450. The highest BCUT2D eigenvalue weighted by Gasteiger charge is 2.46. The summed E-state index contributed by atoms with van der Waals surface area (Å²) in [5, 5.41) is 10.1. The topological polar surface area (TPSA) is 87.3 Å². The molecule has 1 saturated carbocycles. The maximum Gasteiger partial charge on any atom is 0.272 e. The molecule has 3 aliphatic rings. The molecule has 1 aromatic heterocycles. The molecule has 27 heavy (non-hydrogen) atoms. The molecule has 7 nitrogen and oxygen atoms in total. The molecule has 1 fully saturated rings. The van der Waals surface area contributed by atoms with Crippen LogP contribution in [0.4, 0.5) is 5.69 Å². The zero-order valence-corrected chi connectivity index (χ0v) is 15.2. The Bertz CT molecular complexity index is 931. The van der Waals surface area contributed by atoms with Gasteiger partial charge in [0.25, 0.3) is 11.8 Å². The molecular weight excluding hydrogens is 344 g/mol. The van der Waals surface area contributed by atoms with Crippen molar-refractivity contribution in [3.05, 3.63) is 41.2 Å². The molecule has 0 saturated heterocycles. The summed E-state index contributed by atoms with van der Waals surface area (Å²) in [5.41, 5.74) is 3.65. The summed E-state index contributed by atoms with van der Waals surface area (Å²) in [5.74, 6) is 0.118. The summed E-state index contributed by atoms with van der Waals surface area (Å²) in [6, 6.07) is 6.61. The SMILES string of the molecule is CN1C(=O)[C@@H](NC(=O)c2n[nH]c3c2CCC2(CC2)C3)COc2ccccc21. The van der Waals surface area contributed by atoms with Gasteiger partial charge in [0.2, 0.25) is 0 Å². The molecule has 2 aromatic rings. The van der Waals surface area contributed by atoms with Gasteiger partial charge in [-0.1, -0.05) is 12.1 Å². The highest BCUT2D eigenvalue weighted by molar-refractivity contribution is 6.03. The number of hydrogen-bond donors (Lipinski definition) is 2. The highest BCUT2D eigenvalue weighted by Crippen LogP contribution is 2.54. The number of benzene rings is 1. The number of nitrogens with zero attached hydrogens (tertiary/aromatic N) is 2. The van der Waals surface area contributed by atoms with E-state index in [0.29, 0.717) is 22.5 Å². The third kappa shape index (κ3) is 2.69. The lowest BCUT2D eigenvalue weighted by Crippen LogP contribution is -2.49. The maximum atomic E-state index is 12.8. The minimum atomic E-state index is -0.749. The average Bonchev–Trinajstić information content (AvgIpc) is 3.32. The number of nitrogens with one attached hydrogen (secondary N) is 2. The van der Waals surface area contributed by atoms with E-state index in [0.717, 1.165) is 30.5 Å². The Morgan fingerprint density at radius 1 is 1.33 bits per heavy atom. The van der Waals surface area contributed by atoms with Crippen molar-refractivity contribution < 1.29 is 14.3 Å². The number of para-hydroxylation sites is 2. The van der Waals surface area contributed by atoms with Crippen LogP contribution in [0.15, 0.2) is 24.3 Å². The van der Waals surface area contributed by atoms with E-state index >= 15 is 0 Å². The molecule has 2 heterocycles. The van der Waals surface area contributed by atoms with Gasteiger partial charge >= 0.3 is 0 Å². The summed E-state index contributed by atoms with van der Waals surface area (Å²) in [6.07, 6.45) is 5.51. The number of rotatable bonds is 2. The maximum absolute atomic E-state index is 12.8. The lowest BCUT2D eigenvalue weighted by Gasteiger charge is -2.22. The monoisotopic (exact) mass is 366 g/mol. The van der Waals surface area contributed by atoms with E-state index in [-0.39, 0.29) is 18.4 Å². The normalized spacial score (nSPS) is 22.5. The molecule has 5 rings (SSSR count). The third-order valence-corrected chi connectivity index (χ3v) is 6.15. The Labute approximate surface area is 157 Å². The van der Waals surface area contributed by atoms with Gasteiger partial charge in [-0.15, -0.1) is 0 Å². The molecule has 0 radical (unpaired) electrons. The van der Waals surface area contributed by atoms with Crippen molar-refractivity contribution in [2.75, 3.05) is 18.6 Å². The molecule has 7 heteroatoms. The van der Waals surface area contributed by atoms with E-state index in [1.807, 2.05) is 24.3 Å². The van der Waals surface area contributed by atoms with Crippen molar-refractivity contribution in [2.45, 2.75) is 38.1 Å². The average molecular weight is 366 g/mol. The zero-order chi connectivity index (χ0) is 18.6. The molecule has 1 atom stereocenters. The number of fused-ring (bicyclic) bond motifs is 2. The van der Waals surface area contributed by atoms with Crippen LogP contribution in [0.2, 0.25) is 0 Å². The molecule has 2 amide bonds. The summed E-state index contributed by atoms with van der Waals surface area (Å²) < 4.78 is 5.76. The first kappa shape index (κ1) is 16.4. The first-order valence-electron chi connectivity index (χ1n) is 9.43. The van der Waals surface area contributed by atoms with Crippen LogP contribution in [-0.4, -0.2) is 41.7 Å². The number of hydrogen-bond acceptors (Lipinski definition) is 4. The summed E-state index contributed by atoms with van der Waals surface area (Å²) in [7, 11) is 1.69. The van der Waals surface area contributed by atoms with Crippen LogP contribution < -0.4 is 15.0 Å². The molecule has 1 aliphatic heterocycles. The van der Waals surface area contributed by atoms with Gasteiger partial charge in [0.05, 0.1) is 5.69 Å². The summed E-state index contributed by atoms with van der Waals surface area (Å²) in [4.78, 5) is 27.2. The molecule has 2 N–H and O–H groups in total. The highest BCUT2D eigenvalue weighted by atomic mass is 16.5. The minimum Gasteiger partial charge on any atom is -0.489 e. The van der Waals surface area contributed by atoms with E-state index in [4.69, 9.17) is 4.74 Å². The molecule has 1 spiro atoms. The second-order valence-electron chi connectivity index (χ2n) is 7.91. The van der Waals surface area contributed by atoms with Crippen molar-refractivity contribution >= 4 is 17.5 Å². The van der Waals surface area contributed by atoms with Crippen LogP contribution in [0.1, 0.15) is 41.0 Å². The number of carbonyl (C=O) groups is 2. The van der Waals surface area contributed by atoms with E-state index in [2.05, 4.69) is 15.5 Å². The van der Waals surface area contributed by atoms with Gasteiger partial charge in [0, 0.05) is 18.3 Å². The molecule has 1 aromatic carbocycles. The standard InChI is InChI=1S/C20H22N4O3/c1-24-15-4-2-3-5-16(15)27-11-14(19(24)26)21-18(25)17-12-6-7-20(8-9-20)10-13(12)22-23-17/h2-5,14H,6-11H2,1H3,(H,21,25)(H,22,23)/t14-/m0/s1. The minimum absolute atomic E-state index is 0.0989. The van der Waals surface area contributed by atoms with Gasteiger partial charge in [-0.2, -0.15) is 5.10 Å².